The summed E-state index contributed by atoms with van der Waals surface area (Å²) in [5, 5.41) is 11.5. The molecular formula is C46H68N2O7. The Morgan fingerprint density at radius 2 is 1.51 bits per heavy atom. The lowest BCUT2D eigenvalue weighted by Crippen LogP contribution is -2.60. The van der Waals surface area contributed by atoms with Crippen molar-refractivity contribution >= 4 is 29.4 Å². The Morgan fingerprint density at radius 3 is 2.05 bits per heavy atom. The molecule has 2 aliphatic rings. The van der Waals surface area contributed by atoms with Gasteiger partial charge in [-0.1, -0.05) is 94.4 Å². The van der Waals surface area contributed by atoms with Crippen LogP contribution in [0.4, 0.5) is 11.4 Å². The lowest BCUT2D eigenvalue weighted by molar-refractivity contribution is -0.384. The van der Waals surface area contributed by atoms with Crippen LogP contribution in [0.3, 0.4) is 0 Å². The van der Waals surface area contributed by atoms with Gasteiger partial charge < -0.3 is 19.1 Å². The molecule has 0 amide bonds. The number of fused-ring (bicyclic) bond motifs is 2. The van der Waals surface area contributed by atoms with Crippen LogP contribution in [0, 0.1) is 49.0 Å². The van der Waals surface area contributed by atoms with E-state index < -0.39 is 54.7 Å². The number of rotatable bonds is 12. The number of benzene rings is 2. The minimum Gasteiger partial charge on any atom is -0.463 e. The average Bonchev–Trinajstić information content (AvgIpc) is 3.19. The molecule has 0 N–H and O–H groups in total. The summed E-state index contributed by atoms with van der Waals surface area (Å²) >= 11 is 0. The zero-order chi connectivity index (χ0) is 42.0. The molecule has 0 saturated carbocycles. The average molecular weight is 761 g/mol. The highest BCUT2D eigenvalue weighted by Crippen LogP contribution is 2.61. The summed E-state index contributed by atoms with van der Waals surface area (Å²) in [6.07, 6.45) is 4.44. The van der Waals surface area contributed by atoms with Crippen molar-refractivity contribution in [3.63, 3.8) is 0 Å². The third kappa shape index (κ3) is 7.66. The lowest BCUT2D eigenvalue weighted by Gasteiger charge is -2.57. The van der Waals surface area contributed by atoms with Crippen molar-refractivity contribution in [1.29, 1.82) is 0 Å². The number of carbonyl (C=O) groups is 2. The van der Waals surface area contributed by atoms with Gasteiger partial charge in [0.1, 0.15) is 18.0 Å². The highest BCUT2D eigenvalue weighted by atomic mass is 16.6. The summed E-state index contributed by atoms with van der Waals surface area (Å²) in [7, 11) is 0. The van der Waals surface area contributed by atoms with Crippen LogP contribution in [0.25, 0.3) is 6.08 Å². The van der Waals surface area contributed by atoms with Gasteiger partial charge in [-0.15, -0.1) is 0 Å². The first kappa shape index (κ1) is 43.8. The van der Waals surface area contributed by atoms with E-state index in [1.54, 1.807) is 6.07 Å². The van der Waals surface area contributed by atoms with Gasteiger partial charge in [-0.3, -0.25) is 19.7 Å². The van der Waals surface area contributed by atoms with Gasteiger partial charge >= 0.3 is 11.9 Å². The number of esters is 2. The number of hydrogen-bond acceptors (Lipinski definition) is 8. The Hall–Kier alpha value is -3.88. The molecule has 55 heavy (non-hydrogen) atoms. The van der Waals surface area contributed by atoms with Gasteiger partial charge in [0.25, 0.3) is 5.69 Å². The Kier molecular flexibility index (Phi) is 11.4. The number of nitro benzene ring substituents is 1. The molecule has 0 saturated heterocycles. The topological polar surface area (TPSA) is 108 Å². The quantitative estimate of drug-likeness (QED) is 0.119. The summed E-state index contributed by atoms with van der Waals surface area (Å²) in [4.78, 5) is 42.2. The molecule has 3 unspecified atom stereocenters. The molecule has 0 fully saturated rings. The van der Waals surface area contributed by atoms with Crippen LogP contribution < -0.4 is 9.64 Å². The van der Waals surface area contributed by atoms with Crippen molar-refractivity contribution in [3.05, 3.63) is 69.8 Å². The molecular weight excluding hydrogens is 693 g/mol. The number of non-ortho nitro benzene ring substituents is 1. The number of carbonyl (C=O) groups excluding carboxylic acids is 2. The van der Waals surface area contributed by atoms with E-state index in [2.05, 4.69) is 107 Å². The van der Waals surface area contributed by atoms with Gasteiger partial charge in [-0.25, -0.2) is 0 Å². The highest BCUT2D eigenvalue weighted by molar-refractivity contribution is 5.79. The molecule has 2 heterocycles. The van der Waals surface area contributed by atoms with Crippen molar-refractivity contribution in [2.45, 2.75) is 141 Å². The van der Waals surface area contributed by atoms with Gasteiger partial charge in [0.2, 0.25) is 5.72 Å². The number of nitrogens with zero attached hydrogens (tertiary/aromatic N) is 2. The van der Waals surface area contributed by atoms with E-state index in [9.17, 15) is 19.7 Å². The monoisotopic (exact) mass is 761 g/mol. The summed E-state index contributed by atoms with van der Waals surface area (Å²) in [6.45, 7) is 35.8. The van der Waals surface area contributed by atoms with Crippen LogP contribution in [-0.4, -0.2) is 41.3 Å². The van der Waals surface area contributed by atoms with E-state index >= 15 is 0 Å². The zero-order valence-electron chi connectivity index (χ0n) is 36.7. The van der Waals surface area contributed by atoms with Crippen molar-refractivity contribution in [1.82, 2.24) is 0 Å². The second kappa shape index (κ2) is 14.3. The molecule has 9 heteroatoms. The van der Waals surface area contributed by atoms with E-state index in [-0.39, 0.29) is 30.2 Å². The maximum Gasteiger partial charge on any atom is 0.312 e. The molecule has 0 bridgehead atoms. The van der Waals surface area contributed by atoms with E-state index in [0.29, 0.717) is 24.3 Å². The lowest BCUT2D eigenvalue weighted by atomic mass is 9.47. The number of ether oxygens (including phenoxy) is 3. The number of anilines is 1. The fourth-order valence-electron chi connectivity index (χ4n) is 9.98. The predicted octanol–water partition coefficient (Wildman–Crippen LogP) is 11.2. The Bertz CT molecular complexity index is 1820. The van der Waals surface area contributed by atoms with Crippen LogP contribution in [-0.2, 0) is 24.5 Å². The van der Waals surface area contributed by atoms with Gasteiger partial charge in [-0.2, -0.15) is 0 Å². The Morgan fingerprint density at radius 1 is 0.909 bits per heavy atom. The van der Waals surface area contributed by atoms with E-state index in [4.69, 9.17) is 14.2 Å². The van der Waals surface area contributed by atoms with Crippen LogP contribution >= 0.6 is 0 Å². The van der Waals surface area contributed by atoms with Crippen molar-refractivity contribution in [3.8, 4) is 5.75 Å². The summed E-state index contributed by atoms with van der Waals surface area (Å²) < 4.78 is 19.3. The summed E-state index contributed by atoms with van der Waals surface area (Å²) in [5.74, 6) is -0.268. The number of nitro groups is 1. The molecule has 0 aliphatic carbocycles. The second-order valence-electron chi connectivity index (χ2n) is 20.9. The molecule has 0 radical (unpaired) electrons. The number of hydrogen-bond donors (Lipinski definition) is 0. The molecule has 2 aliphatic heterocycles. The summed E-state index contributed by atoms with van der Waals surface area (Å²) in [6, 6.07) is 12.8. The zero-order valence-corrected chi connectivity index (χ0v) is 36.7. The fourth-order valence-corrected chi connectivity index (χ4v) is 9.98. The Labute approximate surface area is 330 Å². The van der Waals surface area contributed by atoms with E-state index in [0.717, 1.165) is 11.3 Å². The fraction of sp³-hybridized carbons (Fsp3) is 0.652. The molecule has 4 rings (SSSR count). The van der Waals surface area contributed by atoms with Crippen LogP contribution in [0.1, 0.15) is 135 Å². The second-order valence-corrected chi connectivity index (χ2v) is 20.9. The Balaban J connectivity index is 1.70. The normalized spacial score (nSPS) is 20.0. The van der Waals surface area contributed by atoms with Gasteiger partial charge in [0.15, 0.2) is 0 Å². The van der Waals surface area contributed by atoms with Crippen LogP contribution in [0.15, 0.2) is 48.5 Å². The maximum absolute atomic E-state index is 15.0. The molecule has 304 valence electrons. The molecule has 3 atom stereocenters. The molecule has 9 nitrogen and oxygen atoms in total. The summed E-state index contributed by atoms with van der Waals surface area (Å²) in [5.41, 5.74) is -2.51. The standard InChI is InChI=1S/C46H68N2O7/c1-30(2)43(13,14)45(17,42(11,12)29-41(9,10)36(39(3,4)5)37(49)55-40(6,7)8)38(50)53-27-26-47-34-21-19-18-20-33(34)44(15,16)46(47)25-24-31-28-32(48(51)52)22-23-35(31)54-46/h18-25,28,30,36H,26-27,29H2,1-17H3. The number of para-hydroxylation sites is 1. The minimum atomic E-state index is -0.986. The van der Waals surface area contributed by atoms with Crippen molar-refractivity contribution < 1.29 is 28.7 Å². The first-order valence-electron chi connectivity index (χ1n) is 19.8. The van der Waals surface area contributed by atoms with Gasteiger partial charge in [0, 0.05) is 23.4 Å². The largest absolute Gasteiger partial charge is 0.463 e. The molecule has 2 aromatic rings. The van der Waals surface area contributed by atoms with Crippen LogP contribution in [0.2, 0.25) is 0 Å². The molecule has 0 aromatic heterocycles. The first-order chi connectivity index (χ1) is 24.9. The van der Waals surface area contributed by atoms with E-state index in [1.807, 2.05) is 52.0 Å². The minimum absolute atomic E-state index is 0.00173. The first-order valence-corrected chi connectivity index (χ1v) is 19.8. The smallest absolute Gasteiger partial charge is 0.312 e. The molecule has 2 aromatic carbocycles. The maximum atomic E-state index is 15.0. The third-order valence-electron chi connectivity index (χ3n) is 13.4. The van der Waals surface area contributed by atoms with Crippen LogP contribution in [0.5, 0.6) is 5.75 Å². The third-order valence-corrected chi connectivity index (χ3v) is 13.4. The van der Waals surface area contributed by atoms with Crippen molar-refractivity contribution in [2.24, 2.45) is 38.9 Å². The van der Waals surface area contributed by atoms with Crippen molar-refractivity contribution in [2.75, 3.05) is 18.1 Å². The van der Waals surface area contributed by atoms with Gasteiger partial charge in [0.05, 0.1) is 28.2 Å². The SMILES string of the molecule is CC(C)C(C)(C)C(C)(C(=O)OCCN1c2ccccc2C(C)(C)C12C=Cc1cc([N+](=O)[O-])ccc1O2)C(C)(C)CC(C)(C)C(C(=O)OC(C)(C)C)C(C)(C)C. The molecule has 1 spiro atoms. The van der Waals surface area contributed by atoms with Gasteiger partial charge in [-0.05, 0) is 105 Å². The predicted molar refractivity (Wildman–Crippen MR) is 221 cm³/mol. The highest BCUT2D eigenvalue weighted by Gasteiger charge is 2.62. The van der Waals surface area contributed by atoms with E-state index in [1.165, 1.54) is 12.1 Å².